The minimum absolute atomic E-state index is 0.000454. The second-order valence-corrected chi connectivity index (χ2v) is 8.22. The molecular weight excluding hydrogens is 264 g/mol. The maximum Gasteiger partial charge on any atom is 0.211 e. The summed E-state index contributed by atoms with van der Waals surface area (Å²) in [5.41, 5.74) is 6.09. The largest absolute Gasteiger partial charge is 0.374 e. The van der Waals surface area contributed by atoms with E-state index >= 15 is 0 Å². The second kappa shape index (κ2) is 5.68. The summed E-state index contributed by atoms with van der Waals surface area (Å²) >= 11 is 0. The van der Waals surface area contributed by atoms with E-state index in [-0.39, 0.29) is 11.6 Å². The molecule has 3 unspecified atom stereocenters. The van der Waals surface area contributed by atoms with Gasteiger partial charge in [0.05, 0.1) is 11.9 Å². The van der Waals surface area contributed by atoms with Crippen molar-refractivity contribution in [1.29, 1.82) is 0 Å². The lowest BCUT2D eigenvalue weighted by atomic mass is 9.84. The Morgan fingerprint density at radius 3 is 2.79 bits per heavy atom. The molecule has 2 fully saturated rings. The summed E-state index contributed by atoms with van der Waals surface area (Å²) in [4.78, 5) is 0. The Morgan fingerprint density at radius 2 is 2.21 bits per heavy atom. The summed E-state index contributed by atoms with van der Waals surface area (Å²) in [6.45, 7) is 4.15. The molecule has 2 rings (SSSR count). The van der Waals surface area contributed by atoms with Crippen molar-refractivity contribution in [3.63, 3.8) is 0 Å². The van der Waals surface area contributed by atoms with E-state index in [1.165, 1.54) is 6.26 Å². The molecule has 2 aliphatic heterocycles. The number of hydrogen-bond donors (Lipinski definition) is 1. The highest BCUT2D eigenvalue weighted by Crippen LogP contribution is 2.32. The number of hydrogen-bond acceptors (Lipinski definition) is 4. The molecule has 19 heavy (non-hydrogen) atoms. The lowest BCUT2D eigenvalue weighted by Gasteiger charge is -2.36. The van der Waals surface area contributed by atoms with E-state index in [2.05, 4.69) is 6.92 Å². The standard InChI is InChI=1S/C13H26N2O3S/c1-13(6-4-8-18-13)12(14)9-11-5-3-7-15(10-11)19(2,16)17/h11-12H,3-10,14H2,1-2H3. The molecular formula is C13H26N2O3S. The minimum Gasteiger partial charge on any atom is -0.374 e. The first-order valence-corrected chi connectivity index (χ1v) is 9.01. The fraction of sp³-hybridized carbons (Fsp3) is 1.00. The molecule has 0 spiro atoms. The molecule has 5 nitrogen and oxygen atoms in total. The number of nitrogens with two attached hydrogens (primary N) is 1. The third-order valence-corrected chi connectivity index (χ3v) is 5.84. The van der Waals surface area contributed by atoms with Gasteiger partial charge in [-0.15, -0.1) is 0 Å². The predicted molar refractivity (Wildman–Crippen MR) is 75.3 cm³/mol. The van der Waals surface area contributed by atoms with Gasteiger partial charge in [-0.05, 0) is 44.9 Å². The van der Waals surface area contributed by atoms with Crippen molar-refractivity contribution < 1.29 is 13.2 Å². The van der Waals surface area contributed by atoms with E-state index in [0.29, 0.717) is 19.0 Å². The minimum atomic E-state index is -3.07. The smallest absolute Gasteiger partial charge is 0.211 e. The van der Waals surface area contributed by atoms with E-state index in [0.717, 1.165) is 38.7 Å². The Balaban J connectivity index is 1.92. The van der Waals surface area contributed by atoms with Gasteiger partial charge >= 0.3 is 0 Å². The summed E-state index contributed by atoms with van der Waals surface area (Å²) in [6, 6.07) is -0.000454. The van der Waals surface area contributed by atoms with Crippen molar-refractivity contribution in [1.82, 2.24) is 4.31 Å². The van der Waals surface area contributed by atoms with Crippen molar-refractivity contribution >= 4 is 10.0 Å². The third-order valence-electron chi connectivity index (χ3n) is 4.57. The van der Waals surface area contributed by atoms with Crippen LogP contribution in [0.3, 0.4) is 0 Å². The number of nitrogens with zero attached hydrogens (tertiary/aromatic N) is 1. The van der Waals surface area contributed by atoms with Gasteiger partial charge in [-0.25, -0.2) is 12.7 Å². The van der Waals surface area contributed by atoms with Gasteiger partial charge < -0.3 is 10.5 Å². The van der Waals surface area contributed by atoms with Gasteiger partial charge in [0.1, 0.15) is 0 Å². The average Bonchev–Trinajstić information content (AvgIpc) is 2.77. The van der Waals surface area contributed by atoms with Crippen LogP contribution in [0, 0.1) is 5.92 Å². The summed E-state index contributed by atoms with van der Waals surface area (Å²) < 4.78 is 30.6. The van der Waals surface area contributed by atoms with Crippen LogP contribution in [0.25, 0.3) is 0 Å². The maximum atomic E-state index is 11.6. The second-order valence-electron chi connectivity index (χ2n) is 6.24. The van der Waals surface area contributed by atoms with E-state index in [4.69, 9.17) is 10.5 Å². The Kier molecular flexibility index (Phi) is 4.55. The van der Waals surface area contributed by atoms with E-state index in [9.17, 15) is 8.42 Å². The zero-order chi connectivity index (χ0) is 14.1. The van der Waals surface area contributed by atoms with Gasteiger partial charge in [0.15, 0.2) is 0 Å². The van der Waals surface area contributed by atoms with Gasteiger partial charge in [0.25, 0.3) is 0 Å². The van der Waals surface area contributed by atoms with Gasteiger partial charge in [0.2, 0.25) is 10.0 Å². The van der Waals surface area contributed by atoms with Crippen molar-refractivity contribution in [3.05, 3.63) is 0 Å². The molecule has 2 N–H and O–H groups in total. The highest BCUT2D eigenvalue weighted by atomic mass is 32.2. The Labute approximate surface area is 116 Å². The highest BCUT2D eigenvalue weighted by molar-refractivity contribution is 7.88. The third kappa shape index (κ3) is 3.68. The van der Waals surface area contributed by atoms with E-state index < -0.39 is 10.0 Å². The number of piperidine rings is 1. The maximum absolute atomic E-state index is 11.6. The Hall–Kier alpha value is -0.170. The van der Waals surface area contributed by atoms with Crippen LogP contribution in [0.4, 0.5) is 0 Å². The number of ether oxygens (including phenoxy) is 1. The first kappa shape index (κ1) is 15.2. The van der Waals surface area contributed by atoms with Crippen LogP contribution < -0.4 is 5.73 Å². The van der Waals surface area contributed by atoms with Gasteiger partial charge in [-0.1, -0.05) is 0 Å². The molecule has 0 bridgehead atoms. The van der Waals surface area contributed by atoms with Crippen LogP contribution in [0.5, 0.6) is 0 Å². The quantitative estimate of drug-likeness (QED) is 0.836. The lowest BCUT2D eigenvalue weighted by molar-refractivity contribution is -0.00881. The van der Waals surface area contributed by atoms with Gasteiger partial charge in [0, 0.05) is 25.7 Å². The normalized spacial score (nSPS) is 35.4. The molecule has 0 aliphatic carbocycles. The highest BCUT2D eigenvalue weighted by Gasteiger charge is 2.38. The monoisotopic (exact) mass is 290 g/mol. The summed E-state index contributed by atoms with van der Waals surface area (Å²) in [5.74, 6) is 0.361. The van der Waals surface area contributed by atoms with Crippen LogP contribution in [0.1, 0.15) is 39.0 Å². The Bertz CT molecular complexity index is 404. The van der Waals surface area contributed by atoms with E-state index in [1.807, 2.05) is 0 Å². The topological polar surface area (TPSA) is 72.6 Å². The molecule has 0 aromatic carbocycles. The average molecular weight is 290 g/mol. The summed E-state index contributed by atoms with van der Waals surface area (Å²) in [6.07, 6.45) is 6.22. The van der Waals surface area contributed by atoms with Crippen molar-refractivity contribution in [2.75, 3.05) is 26.0 Å². The molecule has 112 valence electrons. The van der Waals surface area contributed by atoms with Gasteiger partial charge in [-0.3, -0.25) is 0 Å². The molecule has 0 saturated carbocycles. The molecule has 2 aliphatic rings. The molecule has 0 aromatic rings. The summed E-state index contributed by atoms with van der Waals surface area (Å²) in [7, 11) is -3.07. The summed E-state index contributed by atoms with van der Waals surface area (Å²) in [5, 5.41) is 0. The molecule has 6 heteroatoms. The SMILES string of the molecule is CC1(C(N)CC2CCCN(S(C)(=O)=O)C2)CCCO1. The molecule has 0 radical (unpaired) electrons. The lowest BCUT2D eigenvalue weighted by Crippen LogP contribution is -2.48. The van der Waals surface area contributed by atoms with Crippen LogP contribution >= 0.6 is 0 Å². The van der Waals surface area contributed by atoms with E-state index in [1.54, 1.807) is 4.31 Å². The molecule has 2 heterocycles. The van der Waals surface area contributed by atoms with Crippen LogP contribution in [-0.2, 0) is 14.8 Å². The molecule has 0 amide bonds. The zero-order valence-corrected chi connectivity index (χ0v) is 12.8. The molecule has 2 saturated heterocycles. The number of sulfonamides is 1. The van der Waals surface area contributed by atoms with Crippen LogP contribution in [0.2, 0.25) is 0 Å². The zero-order valence-electron chi connectivity index (χ0n) is 12.0. The molecule has 3 atom stereocenters. The van der Waals surface area contributed by atoms with Crippen molar-refractivity contribution in [2.24, 2.45) is 11.7 Å². The van der Waals surface area contributed by atoms with Crippen molar-refractivity contribution in [2.45, 2.75) is 50.7 Å². The predicted octanol–water partition coefficient (Wildman–Crippen LogP) is 0.945. The first-order chi connectivity index (χ1) is 8.81. The first-order valence-electron chi connectivity index (χ1n) is 7.16. The van der Waals surface area contributed by atoms with Gasteiger partial charge in [-0.2, -0.15) is 0 Å². The number of rotatable bonds is 4. The van der Waals surface area contributed by atoms with Crippen LogP contribution in [-0.4, -0.2) is 50.3 Å². The van der Waals surface area contributed by atoms with Crippen LogP contribution in [0.15, 0.2) is 0 Å². The fourth-order valence-electron chi connectivity index (χ4n) is 3.22. The fourth-order valence-corrected chi connectivity index (χ4v) is 4.16. The Morgan fingerprint density at radius 1 is 1.47 bits per heavy atom. The molecule has 0 aromatic heterocycles. The van der Waals surface area contributed by atoms with Crippen molar-refractivity contribution in [3.8, 4) is 0 Å².